The fourth-order valence-corrected chi connectivity index (χ4v) is 6.80. The predicted octanol–water partition coefficient (Wildman–Crippen LogP) is 4.03. The summed E-state index contributed by atoms with van der Waals surface area (Å²) in [7, 11) is 0. The largest absolute Gasteiger partial charge is 0.489 e. The Morgan fingerprint density at radius 3 is 2.48 bits per heavy atom. The van der Waals surface area contributed by atoms with E-state index in [-0.39, 0.29) is 12.0 Å². The van der Waals surface area contributed by atoms with E-state index in [9.17, 15) is 4.79 Å². The molecule has 5 aliphatic rings. The maximum Gasteiger partial charge on any atom is 0.252 e. The Balaban J connectivity index is 1.22. The zero-order valence-electron chi connectivity index (χ0n) is 15.8. The average molecular weight is 389 g/mol. The van der Waals surface area contributed by atoms with Gasteiger partial charge in [0.25, 0.3) is 5.91 Å². The Bertz CT molecular complexity index is 694. The van der Waals surface area contributed by atoms with Crippen LogP contribution in [0.1, 0.15) is 55.3 Å². The molecule has 1 amide bonds. The number of hydrogen-bond acceptors (Lipinski definition) is 3. The molecule has 1 aliphatic heterocycles. The number of carbonyl (C=O) groups is 1. The van der Waals surface area contributed by atoms with Gasteiger partial charge in [0.1, 0.15) is 11.9 Å². The van der Waals surface area contributed by atoms with Crippen LogP contribution in [0.3, 0.4) is 0 Å². The number of amides is 1. The van der Waals surface area contributed by atoms with Crippen molar-refractivity contribution in [1.29, 1.82) is 0 Å². The maximum atomic E-state index is 12.8. The van der Waals surface area contributed by atoms with E-state index in [0.29, 0.717) is 16.0 Å². The molecule has 27 heavy (non-hydrogen) atoms. The van der Waals surface area contributed by atoms with Crippen LogP contribution in [-0.4, -0.2) is 31.6 Å². The van der Waals surface area contributed by atoms with Crippen molar-refractivity contribution in [2.75, 3.05) is 19.6 Å². The first-order valence-corrected chi connectivity index (χ1v) is 10.9. The van der Waals surface area contributed by atoms with Crippen molar-refractivity contribution >= 4 is 17.5 Å². The van der Waals surface area contributed by atoms with Gasteiger partial charge in [-0.1, -0.05) is 11.6 Å². The second-order valence-electron chi connectivity index (χ2n) is 9.47. The van der Waals surface area contributed by atoms with Gasteiger partial charge in [-0.15, -0.1) is 0 Å². The third kappa shape index (κ3) is 3.58. The van der Waals surface area contributed by atoms with Crippen molar-refractivity contribution in [3.05, 3.63) is 28.8 Å². The summed E-state index contributed by atoms with van der Waals surface area (Å²) < 4.78 is 5.94. The smallest absolute Gasteiger partial charge is 0.252 e. The first-order valence-electron chi connectivity index (χ1n) is 10.5. The molecule has 0 spiro atoms. The summed E-state index contributed by atoms with van der Waals surface area (Å²) in [5.74, 6) is 3.39. The fraction of sp³-hybridized carbons (Fsp3) is 0.682. The lowest BCUT2D eigenvalue weighted by Crippen LogP contribution is -2.51. The van der Waals surface area contributed by atoms with Crippen LogP contribution in [-0.2, 0) is 0 Å². The summed E-state index contributed by atoms with van der Waals surface area (Å²) >= 11 is 6.41. The van der Waals surface area contributed by atoms with Crippen molar-refractivity contribution in [1.82, 2.24) is 10.6 Å². The van der Waals surface area contributed by atoms with Gasteiger partial charge in [-0.2, -0.15) is 0 Å². The van der Waals surface area contributed by atoms with Crippen molar-refractivity contribution in [3.8, 4) is 5.75 Å². The summed E-state index contributed by atoms with van der Waals surface area (Å²) in [5.41, 5.74) is 0.897. The number of rotatable bonds is 5. The molecule has 5 heteroatoms. The van der Waals surface area contributed by atoms with E-state index >= 15 is 0 Å². The summed E-state index contributed by atoms with van der Waals surface area (Å²) in [6, 6.07) is 5.44. The Kier molecular flexibility index (Phi) is 4.60. The van der Waals surface area contributed by atoms with Gasteiger partial charge in [-0.25, -0.2) is 0 Å². The number of nitrogens with one attached hydrogen (secondary N) is 2. The minimum Gasteiger partial charge on any atom is -0.489 e. The Morgan fingerprint density at radius 1 is 1.19 bits per heavy atom. The molecule has 1 heterocycles. The number of ether oxygens (including phenoxy) is 1. The third-order valence-corrected chi connectivity index (χ3v) is 7.60. The summed E-state index contributed by atoms with van der Waals surface area (Å²) in [6.45, 7) is 2.66. The van der Waals surface area contributed by atoms with Gasteiger partial charge in [-0.05, 0) is 92.9 Å². The van der Waals surface area contributed by atoms with Crippen LogP contribution in [0, 0.1) is 23.2 Å². The SMILES string of the molecule is O=C(NCC12CC3CC(CC(C3)C1)C2)c1ccc(OC2CCNC2)cc1Cl. The molecule has 1 unspecified atom stereocenters. The van der Waals surface area contributed by atoms with Gasteiger partial charge in [0.05, 0.1) is 10.6 Å². The first-order chi connectivity index (χ1) is 13.1. The molecule has 1 atom stereocenters. The third-order valence-electron chi connectivity index (χ3n) is 7.29. The van der Waals surface area contributed by atoms with Gasteiger partial charge in [-0.3, -0.25) is 4.79 Å². The quantitative estimate of drug-likeness (QED) is 0.800. The topological polar surface area (TPSA) is 50.4 Å². The molecule has 1 aromatic rings. The van der Waals surface area contributed by atoms with Crippen LogP contribution < -0.4 is 15.4 Å². The van der Waals surface area contributed by atoms with E-state index in [2.05, 4.69) is 10.6 Å². The van der Waals surface area contributed by atoms with Gasteiger partial charge in [0.2, 0.25) is 0 Å². The number of hydrogen-bond donors (Lipinski definition) is 2. The van der Waals surface area contributed by atoms with Crippen LogP contribution >= 0.6 is 11.6 Å². The van der Waals surface area contributed by atoms with E-state index in [0.717, 1.165) is 49.6 Å². The highest BCUT2D eigenvalue weighted by Crippen LogP contribution is 2.59. The first kappa shape index (κ1) is 17.8. The molecule has 4 saturated carbocycles. The molecular formula is C22H29ClN2O2. The van der Waals surface area contributed by atoms with E-state index in [1.807, 2.05) is 6.07 Å². The van der Waals surface area contributed by atoms with Gasteiger partial charge in [0, 0.05) is 13.1 Å². The molecule has 6 rings (SSSR count). The van der Waals surface area contributed by atoms with Crippen LogP contribution in [0.4, 0.5) is 0 Å². The minimum absolute atomic E-state index is 0.0511. The van der Waals surface area contributed by atoms with Crippen molar-refractivity contribution in [2.24, 2.45) is 23.2 Å². The molecule has 5 fully saturated rings. The highest BCUT2D eigenvalue weighted by molar-refractivity contribution is 6.34. The second kappa shape index (κ2) is 6.97. The lowest BCUT2D eigenvalue weighted by Gasteiger charge is -2.56. The fourth-order valence-electron chi connectivity index (χ4n) is 6.54. The Morgan fingerprint density at radius 2 is 1.89 bits per heavy atom. The van der Waals surface area contributed by atoms with Crippen molar-refractivity contribution < 1.29 is 9.53 Å². The molecule has 4 aliphatic carbocycles. The lowest BCUT2D eigenvalue weighted by atomic mass is 9.49. The molecule has 2 N–H and O–H groups in total. The highest BCUT2D eigenvalue weighted by atomic mass is 35.5. The molecule has 1 saturated heterocycles. The molecule has 4 nitrogen and oxygen atoms in total. The van der Waals surface area contributed by atoms with Crippen LogP contribution in [0.25, 0.3) is 0 Å². The predicted molar refractivity (Wildman–Crippen MR) is 106 cm³/mol. The van der Waals surface area contributed by atoms with Crippen LogP contribution in [0.5, 0.6) is 5.75 Å². The Hall–Kier alpha value is -1.26. The summed E-state index contributed by atoms with van der Waals surface area (Å²) in [6.07, 6.45) is 9.38. The summed E-state index contributed by atoms with van der Waals surface area (Å²) in [4.78, 5) is 12.8. The van der Waals surface area contributed by atoms with Gasteiger partial charge >= 0.3 is 0 Å². The van der Waals surface area contributed by atoms with Crippen molar-refractivity contribution in [3.63, 3.8) is 0 Å². The molecule has 146 valence electrons. The normalized spacial score (nSPS) is 36.8. The lowest BCUT2D eigenvalue weighted by molar-refractivity contribution is -0.0503. The van der Waals surface area contributed by atoms with Crippen LogP contribution in [0.2, 0.25) is 5.02 Å². The monoisotopic (exact) mass is 388 g/mol. The van der Waals surface area contributed by atoms with Gasteiger partial charge < -0.3 is 15.4 Å². The molecule has 0 radical (unpaired) electrons. The van der Waals surface area contributed by atoms with E-state index in [1.165, 1.54) is 38.5 Å². The zero-order chi connectivity index (χ0) is 18.4. The molecule has 1 aromatic carbocycles. The van der Waals surface area contributed by atoms with E-state index in [4.69, 9.17) is 16.3 Å². The van der Waals surface area contributed by atoms with Crippen LogP contribution in [0.15, 0.2) is 18.2 Å². The molecule has 0 aromatic heterocycles. The number of halogens is 1. The van der Waals surface area contributed by atoms with Crippen molar-refractivity contribution in [2.45, 2.75) is 51.0 Å². The zero-order valence-corrected chi connectivity index (χ0v) is 16.6. The maximum absolute atomic E-state index is 12.8. The number of carbonyl (C=O) groups excluding carboxylic acids is 1. The van der Waals surface area contributed by atoms with E-state index in [1.54, 1.807) is 12.1 Å². The summed E-state index contributed by atoms with van der Waals surface area (Å²) in [5, 5.41) is 6.97. The molecule has 4 bridgehead atoms. The minimum atomic E-state index is -0.0511. The highest BCUT2D eigenvalue weighted by Gasteiger charge is 2.50. The Labute approximate surface area is 166 Å². The second-order valence-corrected chi connectivity index (χ2v) is 9.88. The van der Waals surface area contributed by atoms with E-state index < -0.39 is 0 Å². The number of benzene rings is 1. The standard InChI is InChI=1S/C22H29ClN2O2/c23-20-8-17(27-18-3-4-24-12-18)1-2-19(20)21(26)25-13-22-9-14-5-15(10-22)7-16(6-14)11-22/h1-2,8,14-16,18,24H,3-7,9-13H2,(H,25,26). The molecular weight excluding hydrogens is 360 g/mol. The van der Waals surface area contributed by atoms with Gasteiger partial charge in [0.15, 0.2) is 0 Å². The average Bonchev–Trinajstić information content (AvgIpc) is 3.12.